The van der Waals surface area contributed by atoms with Crippen LogP contribution in [-0.2, 0) is 0 Å². The molecule has 1 aromatic carbocycles. The highest BCUT2D eigenvalue weighted by Gasteiger charge is 2.03. The van der Waals surface area contributed by atoms with Gasteiger partial charge in [-0.25, -0.2) is 4.98 Å². The Morgan fingerprint density at radius 2 is 2.25 bits per heavy atom. The maximum atomic E-state index is 5.67. The summed E-state index contributed by atoms with van der Waals surface area (Å²) in [6, 6.07) is 5.90. The number of benzene rings is 1. The molecule has 2 aromatic rings. The van der Waals surface area contributed by atoms with Crippen molar-refractivity contribution in [3.63, 3.8) is 0 Å². The molecule has 0 fully saturated rings. The van der Waals surface area contributed by atoms with Gasteiger partial charge >= 0.3 is 0 Å². The Hall–Kier alpha value is -1.29. The average Bonchev–Trinajstić information content (AvgIpc) is 2.56. The first-order valence-electron chi connectivity index (χ1n) is 5.44. The van der Waals surface area contributed by atoms with Gasteiger partial charge in [-0.1, -0.05) is 25.2 Å². The summed E-state index contributed by atoms with van der Waals surface area (Å²) in [6.07, 6.45) is 1.07. The lowest BCUT2D eigenvalue weighted by Gasteiger charge is -2.07. The molecule has 2 N–H and O–H groups in total. The normalized spacial score (nSPS) is 11.2. The van der Waals surface area contributed by atoms with Crippen molar-refractivity contribution in [3.8, 4) is 5.75 Å². The Morgan fingerprint density at radius 3 is 3.00 bits per heavy atom. The summed E-state index contributed by atoms with van der Waals surface area (Å²) in [6.45, 7) is 5.14. The average molecular weight is 236 g/mol. The largest absolute Gasteiger partial charge is 0.494 e. The minimum atomic E-state index is 0.606. The van der Waals surface area contributed by atoms with Gasteiger partial charge in [-0.3, -0.25) is 0 Å². The highest BCUT2D eigenvalue weighted by Crippen LogP contribution is 2.27. The molecule has 86 valence electrons. The Kier molecular flexibility index (Phi) is 3.29. The first-order chi connectivity index (χ1) is 7.65. The van der Waals surface area contributed by atoms with Gasteiger partial charge in [0.15, 0.2) is 5.13 Å². The van der Waals surface area contributed by atoms with E-state index in [1.807, 2.05) is 18.2 Å². The number of rotatable bonds is 4. The summed E-state index contributed by atoms with van der Waals surface area (Å²) >= 11 is 1.49. The van der Waals surface area contributed by atoms with Crippen molar-refractivity contribution in [2.45, 2.75) is 20.3 Å². The molecular weight excluding hydrogens is 220 g/mol. The Labute approximate surface area is 99.3 Å². The number of ether oxygens (including phenoxy) is 1. The van der Waals surface area contributed by atoms with E-state index in [0.29, 0.717) is 11.0 Å². The molecule has 0 bridgehead atoms. The van der Waals surface area contributed by atoms with E-state index in [4.69, 9.17) is 10.5 Å². The maximum Gasteiger partial charge on any atom is 0.181 e. The third-order valence-electron chi connectivity index (χ3n) is 2.34. The number of nitrogens with zero attached hydrogens (tertiary/aromatic N) is 1. The van der Waals surface area contributed by atoms with Crippen LogP contribution in [0.4, 0.5) is 5.13 Å². The number of hydrogen-bond acceptors (Lipinski definition) is 4. The maximum absolute atomic E-state index is 5.67. The Bertz CT molecular complexity index is 479. The van der Waals surface area contributed by atoms with Gasteiger partial charge in [0.05, 0.1) is 16.8 Å². The van der Waals surface area contributed by atoms with Crippen molar-refractivity contribution >= 4 is 26.7 Å². The zero-order chi connectivity index (χ0) is 11.5. The van der Waals surface area contributed by atoms with Crippen LogP contribution in [0, 0.1) is 5.92 Å². The molecular formula is C12H16N2OS. The smallest absolute Gasteiger partial charge is 0.181 e. The van der Waals surface area contributed by atoms with Crippen LogP contribution in [0.15, 0.2) is 18.2 Å². The molecule has 0 atom stereocenters. The van der Waals surface area contributed by atoms with Crippen molar-refractivity contribution in [2.75, 3.05) is 12.3 Å². The molecule has 1 aromatic heterocycles. The van der Waals surface area contributed by atoms with Gasteiger partial charge in [0, 0.05) is 0 Å². The van der Waals surface area contributed by atoms with Crippen LogP contribution in [-0.4, -0.2) is 11.6 Å². The third kappa shape index (κ3) is 2.64. The van der Waals surface area contributed by atoms with Crippen LogP contribution < -0.4 is 10.5 Å². The minimum absolute atomic E-state index is 0.606. The molecule has 16 heavy (non-hydrogen) atoms. The van der Waals surface area contributed by atoms with Crippen LogP contribution >= 0.6 is 11.3 Å². The molecule has 0 aliphatic rings. The molecule has 0 spiro atoms. The van der Waals surface area contributed by atoms with Crippen molar-refractivity contribution in [1.29, 1.82) is 0 Å². The second-order valence-corrected chi connectivity index (χ2v) is 5.27. The third-order valence-corrected chi connectivity index (χ3v) is 3.19. The first kappa shape index (κ1) is 11.2. The highest BCUT2D eigenvalue weighted by atomic mass is 32.1. The SMILES string of the molecule is CC(C)CCOc1ccc2nc(N)sc2c1. The van der Waals surface area contributed by atoms with Gasteiger partial charge in [-0.15, -0.1) is 0 Å². The molecule has 0 aliphatic heterocycles. The van der Waals surface area contributed by atoms with Gasteiger partial charge in [0.25, 0.3) is 0 Å². The topological polar surface area (TPSA) is 48.1 Å². The fourth-order valence-electron chi connectivity index (χ4n) is 1.43. The number of hydrogen-bond donors (Lipinski definition) is 1. The highest BCUT2D eigenvalue weighted by molar-refractivity contribution is 7.22. The second kappa shape index (κ2) is 4.70. The standard InChI is InChI=1S/C12H16N2OS/c1-8(2)5-6-15-9-3-4-10-11(7-9)16-12(13)14-10/h3-4,7-8H,5-6H2,1-2H3,(H2,13,14). The van der Waals surface area contributed by atoms with E-state index >= 15 is 0 Å². The van der Waals surface area contributed by atoms with E-state index in [2.05, 4.69) is 18.8 Å². The molecule has 4 heteroatoms. The predicted molar refractivity (Wildman–Crippen MR) is 69.0 cm³/mol. The summed E-state index contributed by atoms with van der Waals surface area (Å²) in [4.78, 5) is 4.20. The van der Waals surface area contributed by atoms with E-state index in [1.54, 1.807) is 0 Å². The Morgan fingerprint density at radius 1 is 1.44 bits per heavy atom. The molecule has 0 aliphatic carbocycles. The number of nitrogen functional groups attached to an aromatic ring is 1. The summed E-state index contributed by atoms with van der Waals surface area (Å²) in [5, 5.41) is 0.606. The van der Waals surface area contributed by atoms with Crippen molar-refractivity contribution in [2.24, 2.45) is 5.92 Å². The fraction of sp³-hybridized carbons (Fsp3) is 0.417. The lowest BCUT2D eigenvalue weighted by molar-refractivity contribution is 0.290. The lowest BCUT2D eigenvalue weighted by Crippen LogP contribution is -2.00. The number of fused-ring (bicyclic) bond motifs is 1. The van der Waals surface area contributed by atoms with Crippen molar-refractivity contribution < 1.29 is 4.74 Å². The van der Waals surface area contributed by atoms with E-state index in [-0.39, 0.29) is 0 Å². The second-order valence-electron chi connectivity index (χ2n) is 4.21. The summed E-state index contributed by atoms with van der Waals surface area (Å²) in [7, 11) is 0. The zero-order valence-corrected chi connectivity index (χ0v) is 10.4. The molecule has 0 radical (unpaired) electrons. The van der Waals surface area contributed by atoms with E-state index in [9.17, 15) is 0 Å². The van der Waals surface area contributed by atoms with E-state index in [1.165, 1.54) is 11.3 Å². The van der Waals surface area contributed by atoms with Crippen molar-refractivity contribution in [3.05, 3.63) is 18.2 Å². The summed E-state index contributed by atoms with van der Waals surface area (Å²) in [5.74, 6) is 1.57. The van der Waals surface area contributed by atoms with Crippen LogP contribution in [0.3, 0.4) is 0 Å². The summed E-state index contributed by atoms with van der Waals surface area (Å²) < 4.78 is 6.76. The zero-order valence-electron chi connectivity index (χ0n) is 9.56. The number of nitrogens with two attached hydrogens (primary N) is 1. The minimum Gasteiger partial charge on any atom is -0.494 e. The number of anilines is 1. The van der Waals surface area contributed by atoms with Crippen LogP contribution in [0.2, 0.25) is 0 Å². The first-order valence-corrected chi connectivity index (χ1v) is 6.25. The van der Waals surface area contributed by atoms with Gasteiger partial charge in [-0.2, -0.15) is 0 Å². The quantitative estimate of drug-likeness (QED) is 0.886. The molecule has 1 heterocycles. The lowest BCUT2D eigenvalue weighted by atomic mass is 10.1. The van der Waals surface area contributed by atoms with Crippen LogP contribution in [0.25, 0.3) is 10.2 Å². The summed E-state index contributed by atoms with van der Waals surface area (Å²) in [5.41, 5.74) is 6.59. The van der Waals surface area contributed by atoms with Gasteiger partial charge in [0.1, 0.15) is 5.75 Å². The van der Waals surface area contributed by atoms with E-state index in [0.717, 1.165) is 29.0 Å². The van der Waals surface area contributed by atoms with Gasteiger partial charge in [-0.05, 0) is 30.5 Å². The molecule has 0 saturated heterocycles. The number of aromatic nitrogens is 1. The molecule has 0 amide bonds. The van der Waals surface area contributed by atoms with Crippen LogP contribution in [0.5, 0.6) is 5.75 Å². The fourth-order valence-corrected chi connectivity index (χ4v) is 2.19. The number of thiazole rings is 1. The van der Waals surface area contributed by atoms with Crippen molar-refractivity contribution in [1.82, 2.24) is 4.98 Å². The molecule has 0 saturated carbocycles. The van der Waals surface area contributed by atoms with Crippen LogP contribution in [0.1, 0.15) is 20.3 Å². The molecule has 0 unspecified atom stereocenters. The predicted octanol–water partition coefficient (Wildman–Crippen LogP) is 3.30. The molecule has 3 nitrogen and oxygen atoms in total. The Balaban J connectivity index is 2.07. The molecule has 2 rings (SSSR count). The monoisotopic (exact) mass is 236 g/mol. The van der Waals surface area contributed by atoms with E-state index < -0.39 is 0 Å². The van der Waals surface area contributed by atoms with Gasteiger partial charge < -0.3 is 10.5 Å². The van der Waals surface area contributed by atoms with Gasteiger partial charge in [0.2, 0.25) is 0 Å².